The van der Waals surface area contributed by atoms with E-state index < -0.39 is 5.97 Å². The number of carboxylic acids is 1. The van der Waals surface area contributed by atoms with E-state index in [0.717, 1.165) is 0 Å². The van der Waals surface area contributed by atoms with E-state index in [0.29, 0.717) is 17.8 Å². The highest BCUT2D eigenvalue weighted by Gasteiger charge is 2.20. The number of carbonyl (C=O) groups is 1. The van der Waals surface area contributed by atoms with Gasteiger partial charge in [0.15, 0.2) is 0 Å². The molecule has 84 valence electrons. The van der Waals surface area contributed by atoms with Crippen LogP contribution in [0.15, 0.2) is 30.5 Å². The smallest absolute Gasteiger partial charge is 0.336 e. The maximum absolute atomic E-state index is 11.1. The van der Waals surface area contributed by atoms with Crippen molar-refractivity contribution in [3.05, 3.63) is 41.6 Å². The predicted octanol–water partition coefficient (Wildman–Crippen LogP) is 0.672. The lowest BCUT2D eigenvalue weighted by Crippen LogP contribution is -2.36. The molecule has 0 spiro atoms. The van der Waals surface area contributed by atoms with Crippen LogP contribution in [0.2, 0.25) is 0 Å². The van der Waals surface area contributed by atoms with Gasteiger partial charge in [0.05, 0.1) is 5.56 Å². The van der Waals surface area contributed by atoms with Crippen molar-refractivity contribution < 1.29 is 9.90 Å². The fourth-order valence-electron chi connectivity index (χ4n) is 1.75. The van der Waals surface area contributed by atoms with Crippen molar-refractivity contribution in [1.82, 2.24) is 10.6 Å². The number of nitrogens with one attached hydrogen (secondary N) is 2. The maximum Gasteiger partial charge on any atom is 0.336 e. The lowest BCUT2D eigenvalue weighted by atomic mass is 10.0. The van der Waals surface area contributed by atoms with Crippen molar-refractivity contribution >= 4 is 11.7 Å². The average Bonchev–Trinajstić information content (AvgIpc) is 2.29. The topological polar surface area (TPSA) is 87.4 Å². The molecule has 0 aliphatic carbocycles. The Morgan fingerprint density at radius 3 is 2.94 bits per heavy atom. The van der Waals surface area contributed by atoms with E-state index in [1.165, 1.54) is 0 Å². The number of aromatic carboxylic acids is 1. The summed E-state index contributed by atoms with van der Waals surface area (Å²) in [5.74, 6) is -0.972. The van der Waals surface area contributed by atoms with Gasteiger partial charge in [-0.1, -0.05) is 12.1 Å². The van der Waals surface area contributed by atoms with E-state index in [-0.39, 0.29) is 11.7 Å². The molecule has 5 N–H and O–H groups in total. The number of benzene rings is 1. The molecule has 1 aliphatic rings. The molecule has 0 bridgehead atoms. The standard InChI is InChI=1S/C11H13N3O2/c12-8-4-1-3-7(11(15)16)9(8)10-13-5-2-6-14-10/h1-5,10,13-14H,6,12H2,(H,15,16). The Hall–Kier alpha value is -2.01. The Morgan fingerprint density at radius 1 is 1.50 bits per heavy atom. The Balaban J connectivity index is 2.44. The minimum atomic E-state index is -0.972. The third-order valence-corrected chi connectivity index (χ3v) is 2.48. The summed E-state index contributed by atoms with van der Waals surface area (Å²) >= 11 is 0. The second-order valence-electron chi connectivity index (χ2n) is 3.52. The van der Waals surface area contributed by atoms with Crippen LogP contribution < -0.4 is 16.4 Å². The van der Waals surface area contributed by atoms with Crippen molar-refractivity contribution in [3.8, 4) is 0 Å². The summed E-state index contributed by atoms with van der Waals surface area (Å²) in [5.41, 5.74) is 7.10. The fraction of sp³-hybridized carbons (Fsp3) is 0.182. The SMILES string of the molecule is Nc1cccc(C(=O)O)c1C1NC=CCN1. The summed E-state index contributed by atoms with van der Waals surface area (Å²) in [5, 5.41) is 15.3. The first-order chi connectivity index (χ1) is 7.70. The highest BCUT2D eigenvalue weighted by molar-refractivity contribution is 5.91. The molecular formula is C11H13N3O2. The van der Waals surface area contributed by atoms with Gasteiger partial charge in [-0.3, -0.25) is 5.32 Å². The van der Waals surface area contributed by atoms with Gasteiger partial charge in [-0.15, -0.1) is 0 Å². The number of carboxylic acid groups (broad SMARTS) is 1. The third kappa shape index (κ3) is 1.85. The minimum Gasteiger partial charge on any atom is -0.478 e. The zero-order valence-corrected chi connectivity index (χ0v) is 8.60. The largest absolute Gasteiger partial charge is 0.478 e. The van der Waals surface area contributed by atoms with Gasteiger partial charge in [-0.2, -0.15) is 0 Å². The van der Waals surface area contributed by atoms with Crippen LogP contribution in [0.4, 0.5) is 5.69 Å². The molecule has 5 heteroatoms. The third-order valence-electron chi connectivity index (χ3n) is 2.48. The molecule has 0 saturated heterocycles. The molecule has 0 fully saturated rings. The van der Waals surface area contributed by atoms with Crippen molar-refractivity contribution in [3.63, 3.8) is 0 Å². The van der Waals surface area contributed by atoms with Crippen LogP contribution in [-0.2, 0) is 0 Å². The monoisotopic (exact) mass is 219 g/mol. The van der Waals surface area contributed by atoms with Gasteiger partial charge in [-0.05, 0) is 18.3 Å². The zero-order chi connectivity index (χ0) is 11.5. The quantitative estimate of drug-likeness (QED) is 0.549. The van der Waals surface area contributed by atoms with Crippen LogP contribution in [0.25, 0.3) is 0 Å². The molecule has 2 rings (SSSR count). The zero-order valence-electron chi connectivity index (χ0n) is 8.60. The molecule has 5 nitrogen and oxygen atoms in total. The molecule has 0 amide bonds. The van der Waals surface area contributed by atoms with Crippen molar-refractivity contribution in [2.24, 2.45) is 0 Å². The minimum absolute atomic E-state index is 0.223. The molecule has 1 aromatic rings. The molecule has 1 aromatic carbocycles. The van der Waals surface area contributed by atoms with Crippen LogP contribution in [0.3, 0.4) is 0 Å². The molecule has 1 atom stereocenters. The second kappa shape index (κ2) is 4.24. The lowest BCUT2D eigenvalue weighted by molar-refractivity contribution is 0.0694. The van der Waals surface area contributed by atoms with Crippen LogP contribution in [0.5, 0.6) is 0 Å². The van der Waals surface area contributed by atoms with Gasteiger partial charge < -0.3 is 16.2 Å². The summed E-state index contributed by atoms with van der Waals surface area (Å²) in [6.07, 6.45) is 3.45. The van der Waals surface area contributed by atoms with Gasteiger partial charge in [0.2, 0.25) is 0 Å². The number of rotatable bonds is 2. The van der Waals surface area contributed by atoms with E-state index in [9.17, 15) is 4.79 Å². The highest BCUT2D eigenvalue weighted by Crippen LogP contribution is 2.24. The van der Waals surface area contributed by atoms with Crippen molar-refractivity contribution in [1.29, 1.82) is 0 Å². The Morgan fingerprint density at radius 2 is 2.31 bits per heavy atom. The summed E-state index contributed by atoms with van der Waals surface area (Å²) in [4.78, 5) is 11.1. The van der Waals surface area contributed by atoms with Gasteiger partial charge in [0, 0.05) is 17.8 Å². The first-order valence-corrected chi connectivity index (χ1v) is 4.96. The number of anilines is 1. The number of hydrogen-bond acceptors (Lipinski definition) is 4. The summed E-state index contributed by atoms with van der Waals surface area (Å²) in [6, 6.07) is 4.89. The number of hydrogen-bond donors (Lipinski definition) is 4. The van der Waals surface area contributed by atoms with E-state index in [1.807, 2.05) is 6.08 Å². The van der Waals surface area contributed by atoms with Gasteiger partial charge in [0.1, 0.15) is 6.17 Å². The van der Waals surface area contributed by atoms with Crippen LogP contribution in [-0.4, -0.2) is 17.6 Å². The summed E-state index contributed by atoms with van der Waals surface area (Å²) in [6.45, 7) is 0.686. The Kier molecular flexibility index (Phi) is 2.78. The second-order valence-corrected chi connectivity index (χ2v) is 3.52. The molecule has 1 aliphatic heterocycles. The van der Waals surface area contributed by atoms with Crippen molar-refractivity contribution in [2.45, 2.75) is 6.17 Å². The molecule has 0 aromatic heterocycles. The molecule has 0 radical (unpaired) electrons. The van der Waals surface area contributed by atoms with E-state index in [1.54, 1.807) is 24.4 Å². The van der Waals surface area contributed by atoms with E-state index in [4.69, 9.17) is 10.8 Å². The number of nitrogens with two attached hydrogens (primary N) is 1. The molecular weight excluding hydrogens is 206 g/mol. The maximum atomic E-state index is 11.1. The fourth-order valence-corrected chi connectivity index (χ4v) is 1.75. The van der Waals surface area contributed by atoms with Gasteiger partial charge >= 0.3 is 5.97 Å². The van der Waals surface area contributed by atoms with Crippen LogP contribution in [0, 0.1) is 0 Å². The first kappa shape index (κ1) is 10.5. The normalized spacial score (nSPS) is 19.1. The lowest BCUT2D eigenvalue weighted by Gasteiger charge is -2.24. The van der Waals surface area contributed by atoms with Crippen molar-refractivity contribution in [2.75, 3.05) is 12.3 Å². The van der Waals surface area contributed by atoms with E-state index >= 15 is 0 Å². The number of nitrogen functional groups attached to an aromatic ring is 1. The average molecular weight is 219 g/mol. The Labute approximate surface area is 93.0 Å². The van der Waals surface area contributed by atoms with E-state index in [2.05, 4.69) is 10.6 Å². The predicted molar refractivity (Wildman–Crippen MR) is 60.8 cm³/mol. The van der Waals surface area contributed by atoms with Crippen LogP contribution in [0.1, 0.15) is 22.1 Å². The first-order valence-electron chi connectivity index (χ1n) is 4.96. The van der Waals surface area contributed by atoms with Crippen LogP contribution >= 0.6 is 0 Å². The molecule has 1 heterocycles. The molecule has 0 saturated carbocycles. The van der Waals surface area contributed by atoms with Gasteiger partial charge in [0.25, 0.3) is 0 Å². The molecule has 1 unspecified atom stereocenters. The summed E-state index contributed by atoms with van der Waals surface area (Å²) < 4.78 is 0. The Bertz CT molecular complexity index is 443. The molecule has 16 heavy (non-hydrogen) atoms. The highest BCUT2D eigenvalue weighted by atomic mass is 16.4. The summed E-state index contributed by atoms with van der Waals surface area (Å²) in [7, 11) is 0. The van der Waals surface area contributed by atoms with Gasteiger partial charge in [-0.25, -0.2) is 4.79 Å².